The molecular formula is C13H24N2O. The third-order valence-electron chi connectivity index (χ3n) is 2.00. The third-order valence-corrected chi connectivity index (χ3v) is 2.00. The second-order valence-corrected chi connectivity index (χ2v) is 4.41. The van der Waals surface area contributed by atoms with E-state index in [4.69, 9.17) is 0 Å². The minimum absolute atomic E-state index is 0.0585. The summed E-state index contributed by atoms with van der Waals surface area (Å²) in [5, 5.41) is 6.13. The van der Waals surface area contributed by atoms with Crippen LogP contribution in [-0.2, 0) is 4.79 Å². The predicted molar refractivity (Wildman–Crippen MR) is 68.0 cm³/mol. The maximum Gasteiger partial charge on any atom is 0.222 e. The molecule has 0 aliphatic carbocycles. The van der Waals surface area contributed by atoms with Crippen LogP contribution in [0.4, 0.5) is 0 Å². The summed E-state index contributed by atoms with van der Waals surface area (Å²) in [7, 11) is 0. The van der Waals surface area contributed by atoms with Gasteiger partial charge in [-0.25, -0.2) is 0 Å². The van der Waals surface area contributed by atoms with Crippen LogP contribution in [0.25, 0.3) is 0 Å². The van der Waals surface area contributed by atoms with E-state index in [0.29, 0.717) is 12.6 Å². The molecule has 16 heavy (non-hydrogen) atoms. The molecule has 0 bridgehead atoms. The largest absolute Gasteiger partial charge is 0.355 e. The standard InChI is InChI=1S/C13H24N2O/c1-11(2)13(16)15-10-8-6-5-7-9-14-12(3)4/h11-12,14H,7-10H2,1-4H3,(H,15,16). The highest BCUT2D eigenvalue weighted by atomic mass is 16.1. The molecule has 0 aromatic heterocycles. The van der Waals surface area contributed by atoms with E-state index in [-0.39, 0.29) is 11.8 Å². The molecule has 2 N–H and O–H groups in total. The van der Waals surface area contributed by atoms with E-state index < -0.39 is 0 Å². The zero-order valence-corrected chi connectivity index (χ0v) is 10.9. The summed E-state index contributed by atoms with van der Waals surface area (Å²) < 4.78 is 0. The molecule has 0 atom stereocenters. The van der Waals surface area contributed by atoms with Gasteiger partial charge in [0.1, 0.15) is 0 Å². The van der Waals surface area contributed by atoms with Gasteiger partial charge in [-0.2, -0.15) is 0 Å². The zero-order valence-electron chi connectivity index (χ0n) is 10.9. The van der Waals surface area contributed by atoms with Crippen LogP contribution < -0.4 is 10.6 Å². The Bertz CT molecular complexity index is 248. The lowest BCUT2D eigenvalue weighted by molar-refractivity contribution is -0.123. The summed E-state index contributed by atoms with van der Waals surface area (Å²) >= 11 is 0. The molecule has 0 radical (unpaired) electrons. The quantitative estimate of drug-likeness (QED) is 0.531. The molecule has 0 heterocycles. The van der Waals surface area contributed by atoms with Gasteiger partial charge in [0.15, 0.2) is 0 Å². The van der Waals surface area contributed by atoms with Crippen molar-refractivity contribution in [2.24, 2.45) is 5.92 Å². The number of rotatable bonds is 6. The molecule has 0 aromatic rings. The third kappa shape index (κ3) is 9.54. The van der Waals surface area contributed by atoms with Crippen molar-refractivity contribution in [2.75, 3.05) is 13.1 Å². The first-order valence-electron chi connectivity index (χ1n) is 6.01. The minimum Gasteiger partial charge on any atom is -0.355 e. The van der Waals surface area contributed by atoms with E-state index in [0.717, 1.165) is 19.4 Å². The van der Waals surface area contributed by atoms with E-state index in [1.54, 1.807) is 0 Å². The molecule has 0 spiro atoms. The van der Waals surface area contributed by atoms with Crippen LogP contribution in [0.15, 0.2) is 0 Å². The molecule has 1 amide bonds. The predicted octanol–water partition coefficient (Wildman–Crippen LogP) is 1.54. The molecular weight excluding hydrogens is 200 g/mol. The topological polar surface area (TPSA) is 41.1 Å². The highest BCUT2D eigenvalue weighted by Gasteiger charge is 2.03. The Morgan fingerprint density at radius 2 is 1.62 bits per heavy atom. The summed E-state index contributed by atoms with van der Waals surface area (Å²) in [5.74, 6) is 6.29. The Labute approximate surface area is 99.4 Å². The lowest BCUT2D eigenvalue weighted by Crippen LogP contribution is -2.28. The monoisotopic (exact) mass is 224 g/mol. The van der Waals surface area contributed by atoms with Gasteiger partial charge in [0.2, 0.25) is 5.91 Å². The van der Waals surface area contributed by atoms with E-state index in [9.17, 15) is 4.79 Å². The van der Waals surface area contributed by atoms with Gasteiger partial charge in [-0.3, -0.25) is 4.79 Å². The Morgan fingerprint density at radius 1 is 1.06 bits per heavy atom. The number of carbonyl (C=O) groups is 1. The Kier molecular flexibility index (Phi) is 8.65. The summed E-state index contributed by atoms with van der Waals surface area (Å²) in [5.41, 5.74) is 0. The molecule has 0 saturated carbocycles. The average molecular weight is 224 g/mol. The molecule has 0 aromatic carbocycles. The van der Waals surface area contributed by atoms with Gasteiger partial charge in [-0.15, -0.1) is 11.8 Å². The van der Waals surface area contributed by atoms with Gasteiger partial charge < -0.3 is 10.6 Å². The SMILES string of the molecule is CC(C)NCCC#CCCNC(=O)C(C)C. The minimum atomic E-state index is 0.0585. The second-order valence-electron chi connectivity index (χ2n) is 4.41. The maximum atomic E-state index is 11.2. The van der Waals surface area contributed by atoms with Crippen molar-refractivity contribution < 1.29 is 4.79 Å². The smallest absolute Gasteiger partial charge is 0.222 e. The van der Waals surface area contributed by atoms with E-state index >= 15 is 0 Å². The Balaban J connectivity index is 3.38. The van der Waals surface area contributed by atoms with Gasteiger partial charge in [-0.05, 0) is 0 Å². The van der Waals surface area contributed by atoms with Gasteiger partial charge in [0.05, 0.1) is 0 Å². The van der Waals surface area contributed by atoms with Crippen LogP contribution in [0.1, 0.15) is 40.5 Å². The number of amides is 1. The second kappa shape index (κ2) is 9.23. The number of carbonyl (C=O) groups excluding carboxylic acids is 1. The van der Waals surface area contributed by atoms with Crippen LogP contribution in [0, 0.1) is 17.8 Å². The first-order chi connectivity index (χ1) is 7.54. The molecule has 0 saturated heterocycles. The lowest BCUT2D eigenvalue weighted by atomic mass is 10.2. The summed E-state index contributed by atoms with van der Waals surface area (Å²) in [4.78, 5) is 11.2. The highest BCUT2D eigenvalue weighted by Crippen LogP contribution is 1.89. The molecule has 0 aliphatic rings. The van der Waals surface area contributed by atoms with Gasteiger partial charge in [0, 0.05) is 37.9 Å². The van der Waals surface area contributed by atoms with Crippen molar-refractivity contribution in [3.05, 3.63) is 0 Å². The van der Waals surface area contributed by atoms with E-state index in [1.807, 2.05) is 13.8 Å². The van der Waals surface area contributed by atoms with Crippen LogP contribution in [0.3, 0.4) is 0 Å². The number of nitrogens with one attached hydrogen (secondary N) is 2. The summed E-state index contributed by atoms with van der Waals surface area (Å²) in [6.07, 6.45) is 1.61. The Morgan fingerprint density at radius 3 is 2.12 bits per heavy atom. The van der Waals surface area contributed by atoms with Crippen LogP contribution in [0.2, 0.25) is 0 Å². The van der Waals surface area contributed by atoms with E-state index in [2.05, 4.69) is 36.3 Å². The maximum absolute atomic E-state index is 11.2. The van der Waals surface area contributed by atoms with Gasteiger partial charge in [0.25, 0.3) is 0 Å². The van der Waals surface area contributed by atoms with Gasteiger partial charge in [-0.1, -0.05) is 27.7 Å². The molecule has 0 aliphatic heterocycles. The van der Waals surface area contributed by atoms with Crippen molar-refractivity contribution >= 4 is 5.91 Å². The van der Waals surface area contributed by atoms with Crippen molar-refractivity contribution in [2.45, 2.75) is 46.6 Å². The summed E-state index contributed by atoms with van der Waals surface area (Å²) in [6, 6.07) is 0.520. The van der Waals surface area contributed by atoms with Crippen molar-refractivity contribution in [1.29, 1.82) is 0 Å². The van der Waals surface area contributed by atoms with Crippen LogP contribution in [-0.4, -0.2) is 25.0 Å². The van der Waals surface area contributed by atoms with Crippen LogP contribution in [0.5, 0.6) is 0 Å². The lowest BCUT2D eigenvalue weighted by Gasteiger charge is -2.05. The molecule has 3 heteroatoms. The zero-order chi connectivity index (χ0) is 12.4. The van der Waals surface area contributed by atoms with Crippen molar-refractivity contribution in [3.8, 4) is 11.8 Å². The fraction of sp³-hybridized carbons (Fsp3) is 0.769. The molecule has 3 nitrogen and oxygen atoms in total. The Hall–Kier alpha value is -1.01. The van der Waals surface area contributed by atoms with Crippen molar-refractivity contribution in [3.63, 3.8) is 0 Å². The number of hydrogen-bond acceptors (Lipinski definition) is 2. The fourth-order valence-corrected chi connectivity index (χ4v) is 1.05. The number of hydrogen-bond donors (Lipinski definition) is 2. The highest BCUT2D eigenvalue weighted by molar-refractivity contribution is 5.77. The first-order valence-corrected chi connectivity index (χ1v) is 6.01. The van der Waals surface area contributed by atoms with E-state index in [1.165, 1.54) is 0 Å². The van der Waals surface area contributed by atoms with Gasteiger partial charge >= 0.3 is 0 Å². The average Bonchev–Trinajstić information content (AvgIpc) is 2.21. The molecule has 0 rings (SSSR count). The fourth-order valence-electron chi connectivity index (χ4n) is 1.05. The van der Waals surface area contributed by atoms with Crippen molar-refractivity contribution in [1.82, 2.24) is 10.6 Å². The molecule has 0 fully saturated rings. The summed E-state index contributed by atoms with van der Waals surface area (Å²) in [6.45, 7) is 9.60. The van der Waals surface area contributed by atoms with Crippen LogP contribution >= 0.6 is 0 Å². The molecule has 92 valence electrons. The molecule has 0 unspecified atom stereocenters. The normalized spacial score (nSPS) is 10.1. The first kappa shape index (κ1) is 15.0.